The molecule has 48 heavy (non-hydrogen) atoms. The van der Waals surface area contributed by atoms with E-state index in [1.54, 1.807) is 66.4 Å². The molecule has 3 atom stereocenters. The van der Waals surface area contributed by atoms with Crippen molar-refractivity contribution in [2.75, 3.05) is 5.75 Å². The number of benzene rings is 5. The van der Waals surface area contributed by atoms with Crippen LogP contribution in [0.5, 0.6) is 0 Å². The molecule has 6 rings (SSSR count). The fourth-order valence-electron chi connectivity index (χ4n) is 5.49. The lowest BCUT2D eigenvalue weighted by Crippen LogP contribution is -2.31. The maximum Gasteiger partial charge on any atom is 0.335 e. The second-order valence-corrected chi connectivity index (χ2v) is 14.3. The second-order valence-electron chi connectivity index (χ2n) is 11.5. The molecule has 3 N–H and O–H groups in total. The molecule has 1 aliphatic heterocycles. The molecular weight excluding hydrogens is 647 g/mol. The van der Waals surface area contributed by atoms with Crippen molar-refractivity contribution in [3.05, 3.63) is 155 Å². The number of carboxylic acid groups (broad SMARTS) is 1. The van der Waals surface area contributed by atoms with Gasteiger partial charge in [-0.1, -0.05) is 78.9 Å². The summed E-state index contributed by atoms with van der Waals surface area (Å²) in [5.41, 5.74) is 5.59. The lowest BCUT2D eigenvalue weighted by atomic mass is 9.99. The molecular formula is C38H35NO7S2. The van der Waals surface area contributed by atoms with E-state index < -0.39 is 22.3 Å². The highest BCUT2D eigenvalue weighted by molar-refractivity contribution is 7.99. The van der Waals surface area contributed by atoms with Crippen molar-refractivity contribution in [2.24, 2.45) is 0 Å². The third-order valence-electron chi connectivity index (χ3n) is 8.09. The maximum absolute atomic E-state index is 12.8. The number of aromatic carboxylic acids is 1. The fourth-order valence-corrected chi connectivity index (χ4v) is 7.45. The van der Waals surface area contributed by atoms with Crippen LogP contribution >= 0.6 is 11.8 Å². The molecule has 0 aromatic heterocycles. The number of nitrogens with one attached hydrogen (secondary N) is 1. The smallest absolute Gasteiger partial charge is 0.335 e. The molecule has 1 saturated heterocycles. The van der Waals surface area contributed by atoms with Crippen molar-refractivity contribution < 1.29 is 32.9 Å². The van der Waals surface area contributed by atoms with Gasteiger partial charge in [0.2, 0.25) is 10.0 Å². The third kappa shape index (κ3) is 8.40. The van der Waals surface area contributed by atoms with Crippen LogP contribution in [-0.4, -0.2) is 36.5 Å². The number of carboxylic acids is 1. The SMILES string of the molecule is O=C(O)c1ccc(SC[C@H]2C[C@@H](c3ccc(CO)cc3)O[C@@H](c3cccc(-c4cccc(CNS(=O)(=O)c5ccccc5)c4)c3)O2)cc1. The van der Waals surface area contributed by atoms with Crippen LogP contribution in [0.15, 0.2) is 137 Å². The first-order valence-electron chi connectivity index (χ1n) is 15.5. The van der Waals surface area contributed by atoms with Gasteiger partial charge >= 0.3 is 5.97 Å². The fraction of sp³-hybridized carbons (Fsp3) is 0.184. The zero-order valence-corrected chi connectivity index (χ0v) is 27.6. The van der Waals surface area contributed by atoms with Crippen molar-refractivity contribution in [3.63, 3.8) is 0 Å². The summed E-state index contributed by atoms with van der Waals surface area (Å²) in [6, 6.07) is 38.5. The summed E-state index contributed by atoms with van der Waals surface area (Å²) in [6.07, 6.45) is -0.446. The summed E-state index contributed by atoms with van der Waals surface area (Å²) in [5.74, 6) is -0.322. The van der Waals surface area contributed by atoms with Crippen LogP contribution in [-0.2, 0) is 32.6 Å². The number of hydrogen-bond acceptors (Lipinski definition) is 7. The summed E-state index contributed by atoms with van der Waals surface area (Å²) in [5, 5.41) is 18.8. The molecule has 1 fully saturated rings. The summed E-state index contributed by atoms with van der Waals surface area (Å²) < 4.78 is 41.3. The van der Waals surface area contributed by atoms with E-state index in [-0.39, 0.29) is 35.8 Å². The van der Waals surface area contributed by atoms with Crippen molar-refractivity contribution in [3.8, 4) is 11.1 Å². The van der Waals surface area contributed by atoms with E-state index >= 15 is 0 Å². The Morgan fingerprint density at radius 3 is 2.19 bits per heavy atom. The van der Waals surface area contributed by atoms with E-state index in [9.17, 15) is 23.4 Å². The first kappa shape index (κ1) is 33.6. The molecule has 0 saturated carbocycles. The van der Waals surface area contributed by atoms with Crippen LogP contribution in [0.2, 0.25) is 0 Å². The van der Waals surface area contributed by atoms with E-state index in [1.165, 1.54) is 0 Å². The van der Waals surface area contributed by atoms with Crippen molar-refractivity contribution in [1.29, 1.82) is 0 Å². The van der Waals surface area contributed by atoms with E-state index in [4.69, 9.17) is 9.47 Å². The van der Waals surface area contributed by atoms with Crippen LogP contribution in [0.1, 0.15) is 51.4 Å². The summed E-state index contributed by atoms with van der Waals surface area (Å²) in [7, 11) is -3.64. The number of sulfonamides is 1. The number of carbonyl (C=O) groups is 1. The molecule has 0 radical (unpaired) electrons. The van der Waals surface area contributed by atoms with Crippen LogP contribution in [0.4, 0.5) is 0 Å². The number of aliphatic hydroxyl groups excluding tert-OH is 1. The minimum Gasteiger partial charge on any atom is -0.478 e. The quantitative estimate of drug-likeness (QED) is 0.117. The van der Waals surface area contributed by atoms with Gasteiger partial charge in [0.15, 0.2) is 6.29 Å². The molecule has 246 valence electrons. The first-order valence-corrected chi connectivity index (χ1v) is 17.9. The van der Waals surface area contributed by atoms with Gasteiger partial charge in [-0.2, -0.15) is 0 Å². The highest BCUT2D eigenvalue weighted by atomic mass is 32.2. The van der Waals surface area contributed by atoms with Crippen molar-refractivity contribution in [2.45, 2.75) is 47.9 Å². The topological polar surface area (TPSA) is 122 Å². The molecule has 1 aliphatic rings. The molecule has 8 nitrogen and oxygen atoms in total. The van der Waals surface area contributed by atoms with Gasteiger partial charge in [-0.3, -0.25) is 0 Å². The molecule has 0 unspecified atom stereocenters. The standard InChI is InChI=1S/C38H35NO7S2/c40-24-26-12-14-28(15-13-26)36-22-33(25-47-34-18-16-29(17-19-34)37(41)42)45-38(46-36)32-9-5-8-31(21-32)30-7-4-6-27(20-30)23-39-48(43,44)35-10-2-1-3-11-35/h1-21,33,36,38-40H,22-25H2,(H,41,42)/t33-,36+,38+/m1/s1. The van der Waals surface area contributed by atoms with Gasteiger partial charge in [0.1, 0.15) is 0 Å². The van der Waals surface area contributed by atoms with Gasteiger partial charge in [-0.15, -0.1) is 11.8 Å². The number of thioether (sulfide) groups is 1. The Morgan fingerprint density at radius 2 is 1.48 bits per heavy atom. The molecule has 5 aromatic carbocycles. The molecule has 0 spiro atoms. The zero-order chi connectivity index (χ0) is 33.5. The molecule has 0 bridgehead atoms. The Kier molecular flexibility index (Phi) is 10.7. The number of rotatable bonds is 12. The van der Waals surface area contributed by atoms with Crippen molar-refractivity contribution >= 4 is 27.8 Å². The third-order valence-corrected chi connectivity index (χ3v) is 10.7. The van der Waals surface area contributed by atoms with Gasteiger partial charge in [0.05, 0.1) is 29.3 Å². The van der Waals surface area contributed by atoms with Crippen LogP contribution in [0, 0.1) is 0 Å². The van der Waals surface area contributed by atoms with Crippen molar-refractivity contribution in [1.82, 2.24) is 4.72 Å². The normalized spacial score (nSPS) is 18.0. The van der Waals surface area contributed by atoms with Crippen LogP contribution in [0.3, 0.4) is 0 Å². The lowest BCUT2D eigenvalue weighted by Gasteiger charge is -2.36. The lowest BCUT2D eigenvalue weighted by molar-refractivity contribution is -0.245. The highest BCUT2D eigenvalue weighted by Crippen LogP contribution is 2.40. The second kappa shape index (κ2) is 15.3. The predicted octanol–water partition coefficient (Wildman–Crippen LogP) is 7.36. The van der Waals surface area contributed by atoms with Gasteiger partial charge in [-0.05, 0) is 76.3 Å². The minimum absolute atomic E-state index is 0.0373. The average molecular weight is 682 g/mol. The zero-order valence-electron chi connectivity index (χ0n) is 25.9. The van der Waals surface area contributed by atoms with Gasteiger partial charge in [0, 0.05) is 29.2 Å². The van der Waals surface area contributed by atoms with Gasteiger partial charge in [0.25, 0.3) is 0 Å². The number of hydrogen-bond donors (Lipinski definition) is 3. The maximum atomic E-state index is 12.8. The Hall–Kier alpha value is -4.29. The van der Waals surface area contributed by atoms with E-state index in [0.29, 0.717) is 12.2 Å². The Morgan fingerprint density at radius 1 is 0.771 bits per heavy atom. The molecule has 1 heterocycles. The Labute approximate surface area is 284 Å². The predicted molar refractivity (Wildman–Crippen MR) is 185 cm³/mol. The highest BCUT2D eigenvalue weighted by Gasteiger charge is 2.32. The van der Waals surface area contributed by atoms with Crippen LogP contribution in [0.25, 0.3) is 11.1 Å². The largest absolute Gasteiger partial charge is 0.478 e. The van der Waals surface area contributed by atoms with Crippen LogP contribution < -0.4 is 4.72 Å². The summed E-state index contributed by atoms with van der Waals surface area (Å²) in [6.45, 7) is 0.110. The Bertz CT molecular complexity index is 1950. The Balaban J connectivity index is 1.20. The van der Waals surface area contributed by atoms with E-state index in [0.717, 1.165) is 38.3 Å². The van der Waals surface area contributed by atoms with E-state index in [2.05, 4.69) is 4.72 Å². The van der Waals surface area contributed by atoms with Gasteiger partial charge < -0.3 is 19.7 Å². The summed E-state index contributed by atoms with van der Waals surface area (Å²) >= 11 is 1.60. The molecule has 5 aromatic rings. The minimum atomic E-state index is -3.64. The number of aliphatic hydroxyl groups is 1. The van der Waals surface area contributed by atoms with E-state index in [1.807, 2.05) is 72.8 Å². The monoisotopic (exact) mass is 681 g/mol. The summed E-state index contributed by atoms with van der Waals surface area (Å²) in [4.78, 5) is 12.4. The van der Waals surface area contributed by atoms with Gasteiger partial charge in [-0.25, -0.2) is 17.9 Å². The number of ether oxygens (including phenoxy) is 2. The average Bonchev–Trinajstić information content (AvgIpc) is 3.14. The molecule has 0 aliphatic carbocycles. The molecule has 10 heteroatoms. The first-order chi connectivity index (χ1) is 23.3. The molecule has 0 amide bonds.